The zero-order chi connectivity index (χ0) is 32.4. The average molecular weight is 665 g/mol. The van der Waals surface area contributed by atoms with Crippen LogP contribution >= 0.6 is 23.5 Å². The molecule has 1 atom stereocenters. The molecule has 0 aromatic heterocycles. The molecule has 4 rings (SSSR count). The maximum absolute atomic E-state index is 14.9. The van der Waals surface area contributed by atoms with E-state index in [1.54, 1.807) is 0 Å². The van der Waals surface area contributed by atoms with Gasteiger partial charge in [-0.05, 0) is 72.9 Å². The van der Waals surface area contributed by atoms with E-state index in [2.05, 4.69) is 6.07 Å². The van der Waals surface area contributed by atoms with Crippen LogP contribution in [0.25, 0.3) is 10.8 Å². The smallest absolute Gasteiger partial charge is 0.258 e. The first kappa shape index (κ1) is 35.2. The SMILES string of the molecule is CC.CN(CCN(CC(=O)NO)S(=O)c1cc(F)c(Oc2ccc(Cl)cc2)c(F)c1)Sc1cccc2c(N(C)C)cccc12. The molecule has 236 valence electrons. The third-order valence-corrected chi connectivity index (χ3v) is 8.86. The van der Waals surface area contributed by atoms with Crippen molar-refractivity contribution in [3.8, 4) is 11.5 Å². The van der Waals surface area contributed by atoms with E-state index in [1.165, 1.54) is 46.0 Å². The maximum Gasteiger partial charge on any atom is 0.258 e. The van der Waals surface area contributed by atoms with Crippen molar-refractivity contribution in [3.05, 3.63) is 89.5 Å². The highest BCUT2D eigenvalue weighted by atomic mass is 35.5. The predicted octanol–water partition coefficient (Wildman–Crippen LogP) is 7.13. The van der Waals surface area contributed by atoms with E-state index in [9.17, 15) is 17.8 Å². The summed E-state index contributed by atoms with van der Waals surface area (Å²) in [7, 11) is 3.66. The number of likely N-dealkylation sites (N-methyl/N-ethyl adjacent to an activating group) is 1. The fourth-order valence-corrected chi connectivity index (χ4v) is 6.36. The number of carbonyl (C=O) groups excluding carboxylic acids is 1. The fraction of sp³-hybridized carbons (Fsp3) is 0.258. The molecule has 0 aliphatic rings. The van der Waals surface area contributed by atoms with Crippen LogP contribution in [0.5, 0.6) is 11.5 Å². The van der Waals surface area contributed by atoms with Gasteiger partial charge in [0.15, 0.2) is 17.4 Å². The van der Waals surface area contributed by atoms with Gasteiger partial charge in [-0.15, -0.1) is 0 Å². The van der Waals surface area contributed by atoms with Crippen molar-refractivity contribution in [1.82, 2.24) is 14.1 Å². The Labute approximate surface area is 268 Å². The van der Waals surface area contributed by atoms with Crippen LogP contribution in [0.3, 0.4) is 0 Å². The third kappa shape index (κ3) is 9.13. The highest BCUT2D eigenvalue weighted by molar-refractivity contribution is 7.97. The van der Waals surface area contributed by atoms with Crippen LogP contribution in [0.15, 0.2) is 82.6 Å². The van der Waals surface area contributed by atoms with Gasteiger partial charge in [-0.3, -0.25) is 10.0 Å². The van der Waals surface area contributed by atoms with Crippen LogP contribution in [0, 0.1) is 11.6 Å². The standard InChI is InChI=1S/C29H29ClF2N4O4S2.C2H6/c1-34(2)26-8-4-7-23-22(26)6-5-9-27(23)41-35(3)14-15-36(18-28(37)33-38)42(39)21-16-24(31)29(25(32)17-21)40-20-12-10-19(30)11-13-20;1-2/h4-13,16-17,38H,14-15,18H2,1-3H3,(H,33,37);1-2H3. The zero-order valence-electron chi connectivity index (χ0n) is 25.0. The van der Waals surface area contributed by atoms with E-state index in [0.717, 1.165) is 33.5 Å². The second-order valence-corrected chi connectivity index (χ2v) is 12.6. The summed E-state index contributed by atoms with van der Waals surface area (Å²) in [5, 5.41) is 11.7. The fourth-order valence-electron chi connectivity index (χ4n) is 4.12. The number of halogens is 3. The second-order valence-electron chi connectivity index (χ2n) is 9.39. The maximum atomic E-state index is 14.9. The summed E-state index contributed by atoms with van der Waals surface area (Å²) in [5.41, 5.74) is 2.59. The Morgan fingerprint density at radius 2 is 1.57 bits per heavy atom. The molecule has 0 aliphatic heterocycles. The van der Waals surface area contributed by atoms with Crippen molar-refractivity contribution < 1.29 is 27.7 Å². The lowest BCUT2D eigenvalue weighted by Gasteiger charge is -2.24. The number of anilines is 1. The summed E-state index contributed by atoms with van der Waals surface area (Å²) in [6, 6.07) is 19.8. The van der Waals surface area contributed by atoms with Crippen LogP contribution in [0.2, 0.25) is 5.02 Å². The molecule has 8 nitrogen and oxygen atoms in total. The zero-order valence-corrected chi connectivity index (χ0v) is 27.4. The number of benzene rings is 4. The summed E-state index contributed by atoms with van der Waals surface area (Å²) in [6.45, 7) is 3.92. The Bertz CT molecular complexity index is 1570. The number of fused-ring (bicyclic) bond motifs is 1. The van der Waals surface area contributed by atoms with Gasteiger partial charge in [-0.1, -0.05) is 49.7 Å². The lowest BCUT2D eigenvalue weighted by molar-refractivity contribution is -0.129. The van der Waals surface area contributed by atoms with E-state index in [-0.39, 0.29) is 17.2 Å². The lowest BCUT2D eigenvalue weighted by atomic mass is 10.1. The highest BCUT2D eigenvalue weighted by Gasteiger charge is 2.23. The average Bonchev–Trinajstić information content (AvgIpc) is 3.02. The number of hydroxylamine groups is 1. The molecule has 44 heavy (non-hydrogen) atoms. The van der Waals surface area contributed by atoms with E-state index >= 15 is 0 Å². The number of amides is 1. The summed E-state index contributed by atoms with van der Waals surface area (Å²) < 4.78 is 51.7. The summed E-state index contributed by atoms with van der Waals surface area (Å²) >= 11 is 7.31. The van der Waals surface area contributed by atoms with Gasteiger partial charge in [0.2, 0.25) is 0 Å². The van der Waals surface area contributed by atoms with Crippen molar-refractivity contribution >= 4 is 56.9 Å². The molecule has 0 fully saturated rings. The van der Waals surface area contributed by atoms with Crippen LogP contribution in [0.4, 0.5) is 14.5 Å². The molecule has 1 amide bonds. The molecule has 0 spiro atoms. The number of hydrogen-bond donors (Lipinski definition) is 2. The monoisotopic (exact) mass is 664 g/mol. The first-order valence-corrected chi connectivity index (χ1v) is 15.9. The van der Waals surface area contributed by atoms with Gasteiger partial charge in [-0.2, -0.15) is 0 Å². The molecule has 0 saturated carbocycles. The van der Waals surface area contributed by atoms with Gasteiger partial charge in [0.1, 0.15) is 16.7 Å². The van der Waals surface area contributed by atoms with Crippen molar-refractivity contribution in [1.29, 1.82) is 0 Å². The minimum atomic E-state index is -2.15. The topological polar surface area (TPSA) is 85.3 Å². The Morgan fingerprint density at radius 3 is 2.18 bits per heavy atom. The van der Waals surface area contributed by atoms with Gasteiger partial charge in [0.05, 0.1) is 11.4 Å². The number of ether oxygens (including phenoxy) is 1. The van der Waals surface area contributed by atoms with Gasteiger partial charge >= 0.3 is 0 Å². The largest absolute Gasteiger partial charge is 0.451 e. The quantitative estimate of drug-likeness (QED) is 0.0947. The van der Waals surface area contributed by atoms with E-state index < -0.39 is 40.8 Å². The molecule has 0 aliphatic carbocycles. The molecular weight excluding hydrogens is 630 g/mol. The summed E-state index contributed by atoms with van der Waals surface area (Å²) in [6.07, 6.45) is 0. The first-order chi connectivity index (χ1) is 21.1. The van der Waals surface area contributed by atoms with E-state index in [1.807, 2.05) is 74.5 Å². The van der Waals surface area contributed by atoms with Crippen molar-refractivity contribution in [2.45, 2.75) is 23.6 Å². The highest BCUT2D eigenvalue weighted by Crippen LogP contribution is 2.34. The van der Waals surface area contributed by atoms with Gasteiger partial charge < -0.3 is 9.64 Å². The van der Waals surface area contributed by atoms with Crippen molar-refractivity contribution in [2.24, 2.45) is 0 Å². The molecule has 2 N–H and O–H groups in total. The van der Waals surface area contributed by atoms with E-state index in [0.29, 0.717) is 11.6 Å². The molecule has 4 aromatic rings. The predicted molar refractivity (Wildman–Crippen MR) is 174 cm³/mol. The van der Waals surface area contributed by atoms with Crippen LogP contribution in [0.1, 0.15) is 13.8 Å². The Kier molecular flexibility index (Phi) is 13.4. The minimum Gasteiger partial charge on any atom is -0.451 e. The molecule has 1 unspecified atom stereocenters. The van der Waals surface area contributed by atoms with Crippen LogP contribution in [-0.2, 0) is 15.8 Å². The summed E-state index contributed by atoms with van der Waals surface area (Å²) in [4.78, 5) is 14.8. The third-order valence-electron chi connectivity index (χ3n) is 6.15. The Morgan fingerprint density at radius 1 is 0.955 bits per heavy atom. The van der Waals surface area contributed by atoms with Crippen molar-refractivity contribution in [2.75, 3.05) is 45.7 Å². The van der Waals surface area contributed by atoms with E-state index in [4.69, 9.17) is 21.5 Å². The number of nitrogens with one attached hydrogen (secondary N) is 1. The van der Waals surface area contributed by atoms with Crippen LogP contribution in [-0.4, -0.2) is 64.7 Å². The number of hydrogen-bond acceptors (Lipinski definition) is 7. The van der Waals surface area contributed by atoms with Crippen molar-refractivity contribution in [3.63, 3.8) is 0 Å². The molecule has 4 aromatic carbocycles. The molecular formula is C31H35ClF2N4O4S2. The molecule has 0 heterocycles. The number of rotatable bonds is 12. The van der Waals surface area contributed by atoms with Gasteiger partial charge in [0, 0.05) is 48.2 Å². The number of nitrogens with zero attached hydrogens (tertiary/aromatic N) is 3. The Balaban J connectivity index is 0.00000259. The molecule has 0 saturated heterocycles. The van der Waals surface area contributed by atoms with Crippen LogP contribution < -0.4 is 15.1 Å². The normalized spacial score (nSPS) is 11.7. The van der Waals surface area contributed by atoms with Gasteiger partial charge in [-0.25, -0.2) is 27.1 Å². The molecule has 0 bridgehead atoms. The van der Waals surface area contributed by atoms with Gasteiger partial charge in [0.25, 0.3) is 5.91 Å². The summed E-state index contributed by atoms with van der Waals surface area (Å²) in [5.74, 6) is -3.47. The Hall–Kier alpha value is -3.26. The molecule has 13 heteroatoms. The lowest BCUT2D eigenvalue weighted by Crippen LogP contribution is -2.40. The molecule has 0 radical (unpaired) electrons. The number of carbonyl (C=O) groups is 1. The minimum absolute atomic E-state index is 0.0729. The first-order valence-electron chi connectivity index (χ1n) is 13.7. The second kappa shape index (κ2) is 16.7.